The highest BCUT2D eigenvalue weighted by atomic mass is 19.4. The first-order valence-electron chi connectivity index (χ1n) is 3.87. The zero-order chi connectivity index (χ0) is 12.7. The van der Waals surface area contributed by atoms with Crippen molar-refractivity contribution in [1.29, 1.82) is 0 Å². The molecule has 0 heterocycles. The smallest absolute Gasteiger partial charge is 0.398 e. The standard InChI is InChI=1S/C8H6F6N2/c9-7(10,11)5-3(15)1-2-4(16)6(5)8(12,13)14/h1-2H,15-16H2. The van der Waals surface area contributed by atoms with Gasteiger partial charge in [0.15, 0.2) is 0 Å². The number of rotatable bonds is 0. The molecule has 0 amide bonds. The first-order chi connectivity index (χ1) is 7.05. The Balaban J connectivity index is 3.64. The molecular formula is C8H6F6N2. The van der Waals surface area contributed by atoms with Gasteiger partial charge < -0.3 is 11.5 Å². The fraction of sp³-hybridized carbons (Fsp3) is 0.250. The van der Waals surface area contributed by atoms with E-state index in [4.69, 9.17) is 11.5 Å². The first kappa shape index (κ1) is 12.5. The van der Waals surface area contributed by atoms with Gasteiger partial charge in [-0.15, -0.1) is 0 Å². The van der Waals surface area contributed by atoms with Crippen molar-refractivity contribution in [2.45, 2.75) is 12.4 Å². The van der Waals surface area contributed by atoms with Crippen LogP contribution in [0.15, 0.2) is 12.1 Å². The lowest BCUT2D eigenvalue weighted by Gasteiger charge is -2.18. The number of nitrogen functional groups attached to an aromatic ring is 2. The van der Waals surface area contributed by atoms with Gasteiger partial charge in [0.2, 0.25) is 0 Å². The van der Waals surface area contributed by atoms with Gasteiger partial charge in [-0.3, -0.25) is 0 Å². The molecule has 0 bridgehead atoms. The summed E-state index contributed by atoms with van der Waals surface area (Å²) >= 11 is 0. The topological polar surface area (TPSA) is 52.0 Å². The van der Waals surface area contributed by atoms with Crippen molar-refractivity contribution in [2.75, 3.05) is 11.5 Å². The summed E-state index contributed by atoms with van der Waals surface area (Å²) in [4.78, 5) is 0. The van der Waals surface area contributed by atoms with Gasteiger partial charge in [-0.2, -0.15) is 26.3 Å². The molecule has 4 N–H and O–H groups in total. The van der Waals surface area contributed by atoms with Crippen molar-refractivity contribution in [3.8, 4) is 0 Å². The summed E-state index contributed by atoms with van der Waals surface area (Å²) < 4.78 is 74.3. The molecule has 0 saturated heterocycles. The van der Waals surface area contributed by atoms with Crippen LogP contribution in [0, 0.1) is 0 Å². The molecule has 90 valence electrons. The zero-order valence-corrected chi connectivity index (χ0v) is 7.58. The molecule has 0 atom stereocenters. The maximum Gasteiger partial charge on any atom is 0.419 e. The number of benzene rings is 1. The molecule has 1 aromatic carbocycles. The Labute approximate surface area is 85.8 Å². The maximum atomic E-state index is 12.4. The second-order valence-corrected chi connectivity index (χ2v) is 2.99. The summed E-state index contributed by atoms with van der Waals surface area (Å²) in [6.07, 6.45) is -10.4. The molecule has 0 aliphatic heterocycles. The van der Waals surface area contributed by atoms with Crippen molar-refractivity contribution in [3.05, 3.63) is 23.3 Å². The zero-order valence-electron chi connectivity index (χ0n) is 7.58. The van der Waals surface area contributed by atoms with Crippen molar-refractivity contribution >= 4 is 11.4 Å². The van der Waals surface area contributed by atoms with E-state index < -0.39 is 34.9 Å². The van der Waals surface area contributed by atoms with E-state index >= 15 is 0 Å². The molecule has 0 aliphatic carbocycles. The van der Waals surface area contributed by atoms with Crippen LogP contribution in [0.3, 0.4) is 0 Å². The average Bonchev–Trinajstić information content (AvgIpc) is 2.04. The van der Waals surface area contributed by atoms with E-state index in [-0.39, 0.29) is 0 Å². The molecule has 1 aromatic rings. The van der Waals surface area contributed by atoms with E-state index in [9.17, 15) is 26.3 Å². The number of nitrogens with two attached hydrogens (primary N) is 2. The van der Waals surface area contributed by atoms with E-state index in [1.807, 2.05) is 0 Å². The third kappa shape index (κ3) is 2.15. The number of hydrogen-bond acceptors (Lipinski definition) is 2. The lowest BCUT2D eigenvalue weighted by Crippen LogP contribution is -2.20. The van der Waals surface area contributed by atoms with Crippen LogP contribution in [0.2, 0.25) is 0 Å². The minimum absolute atomic E-state index is 0.688. The highest BCUT2D eigenvalue weighted by Gasteiger charge is 2.46. The van der Waals surface area contributed by atoms with Crippen molar-refractivity contribution in [3.63, 3.8) is 0 Å². The van der Waals surface area contributed by atoms with E-state index in [2.05, 4.69) is 0 Å². The number of hydrogen-bond donors (Lipinski definition) is 2. The van der Waals surface area contributed by atoms with Crippen molar-refractivity contribution in [1.82, 2.24) is 0 Å². The molecule has 0 unspecified atom stereocenters. The van der Waals surface area contributed by atoms with Crippen LogP contribution in [0.4, 0.5) is 37.7 Å². The molecule has 0 aromatic heterocycles. The maximum absolute atomic E-state index is 12.4. The quantitative estimate of drug-likeness (QED) is 0.544. The number of alkyl halides is 6. The Kier molecular flexibility index (Phi) is 2.70. The number of halogens is 6. The van der Waals surface area contributed by atoms with Crippen LogP contribution in [0.25, 0.3) is 0 Å². The first-order valence-corrected chi connectivity index (χ1v) is 3.87. The Morgan fingerprint density at radius 1 is 0.688 bits per heavy atom. The van der Waals surface area contributed by atoms with Gasteiger partial charge in [0.25, 0.3) is 0 Å². The molecule has 0 radical (unpaired) electrons. The molecule has 8 heteroatoms. The third-order valence-corrected chi connectivity index (χ3v) is 1.84. The van der Waals surface area contributed by atoms with Crippen LogP contribution < -0.4 is 11.5 Å². The molecule has 0 aliphatic rings. The lowest BCUT2D eigenvalue weighted by molar-refractivity contribution is -0.161. The van der Waals surface area contributed by atoms with Crippen LogP contribution in [-0.2, 0) is 12.4 Å². The van der Waals surface area contributed by atoms with Crippen LogP contribution in [-0.4, -0.2) is 0 Å². The van der Waals surface area contributed by atoms with E-state index in [1.165, 1.54) is 0 Å². The van der Waals surface area contributed by atoms with Gasteiger partial charge in [0.05, 0.1) is 11.1 Å². The molecular weight excluding hydrogens is 238 g/mol. The minimum Gasteiger partial charge on any atom is -0.398 e. The van der Waals surface area contributed by atoms with Gasteiger partial charge in [-0.1, -0.05) is 0 Å². The van der Waals surface area contributed by atoms with Gasteiger partial charge in [-0.25, -0.2) is 0 Å². The largest absolute Gasteiger partial charge is 0.419 e. The minimum atomic E-state index is -5.20. The van der Waals surface area contributed by atoms with E-state index in [1.54, 1.807) is 0 Å². The van der Waals surface area contributed by atoms with Crippen LogP contribution in [0.5, 0.6) is 0 Å². The molecule has 1 rings (SSSR count). The Bertz CT molecular complexity index is 367. The summed E-state index contributed by atoms with van der Waals surface area (Å²) in [6.45, 7) is 0. The molecule has 2 nitrogen and oxygen atoms in total. The predicted molar refractivity (Wildman–Crippen MR) is 45.3 cm³/mol. The molecule has 0 saturated carbocycles. The van der Waals surface area contributed by atoms with Gasteiger partial charge >= 0.3 is 12.4 Å². The SMILES string of the molecule is Nc1ccc(N)c(C(F)(F)F)c1C(F)(F)F. The summed E-state index contributed by atoms with van der Waals surface area (Å²) in [5.41, 5.74) is 3.90. The molecule has 0 fully saturated rings. The summed E-state index contributed by atoms with van der Waals surface area (Å²) in [5.74, 6) is 0. The molecule has 0 spiro atoms. The number of anilines is 2. The Morgan fingerprint density at radius 3 is 1.12 bits per heavy atom. The fourth-order valence-corrected chi connectivity index (χ4v) is 1.25. The van der Waals surface area contributed by atoms with E-state index in [0.29, 0.717) is 12.1 Å². The second-order valence-electron chi connectivity index (χ2n) is 2.99. The monoisotopic (exact) mass is 244 g/mol. The summed E-state index contributed by atoms with van der Waals surface area (Å²) in [7, 11) is 0. The Hall–Kier alpha value is -1.60. The Morgan fingerprint density at radius 2 is 0.938 bits per heavy atom. The second kappa shape index (κ2) is 3.46. The van der Waals surface area contributed by atoms with Crippen LogP contribution in [0.1, 0.15) is 11.1 Å². The molecule has 16 heavy (non-hydrogen) atoms. The van der Waals surface area contributed by atoms with Crippen LogP contribution >= 0.6 is 0 Å². The third-order valence-electron chi connectivity index (χ3n) is 1.84. The van der Waals surface area contributed by atoms with Crippen molar-refractivity contribution < 1.29 is 26.3 Å². The summed E-state index contributed by atoms with van der Waals surface area (Å²) in [6, 6.07) is 1.38. The predicted octanol–water partition coefficient (Wildman–Crippen LogP) is 2.89. The average molecular weight is 244 g/mol. The highest BCUT2D eigenvalue weighted by Crippen LogP contribution is 2.45. The fourth-order valence-electron chi connectivity index (χ4n) is 1.25. The summed E-state index contributed by atoms with van der Waals surface area (Å²) in [5, 5.41) is 0. The van der Waals surface area contributed by atoms with Gasteiger partial charge in [0, 0.05) is 11.4 Å². The van der Waals surface area contributed by atoms with E-state index in [0.717, 1.165) is 0 Å². The normalized spacial score (nSPS) is 12.9. The highest BCUT2D eigenvalue weighted by molar-refractivity contribution is 5.64. The van der Waals surface area contributed by atoms with Gasteiger partial charge in [-0.05, 0) is 12.1 Å². The van der Waals surface area contributed by atoms with Crippen molar-refractivity contribution in [2.24, 2.45) is 0 Å². The lowest BCUT2D eigenvalue weighted by atomic mass is 10.0. The van der Waals surface area contributed by atoms with Gasteiger partial charge in [0.1, 0.15) is 0 Å².